The average molecular weight is 394 g/mol. The number of methoxy groups -OCH3 is 1. The Morgan fingerprint density at radius 1 is 1.15 bits per heavy atom. The molecule has 144 valence electrons. The van der Waals surface area contributed by atoms with E-state index in [2.05, 4.69) is 5.32 Å². The summed E-state index contributed by atoms with van der Waals surface area (Å²) in [6.07, 6.45) is 0. The van der Waals surface area contributed by atoms with Crippen molar-refractivity contribution < 1.29 is 21.9 Å². The SMILES string of the molecule is COc1cccc([C@]2(C)C(=N)N[C@](C)(c3cc(F)ccc3F)CS2(=O)=O)c1. The van der Waals surface area contributed by atoms with Crippen LogP contribution in [-0.2, 0) is 20.1 Å². The lowest BCUT2D eigenvalue weighted by Crippen LogP contribution is -2.63. The lowest BCUT2D eigenvalue weighted by Gasteiger charge is -2.45. The first-order valence-corrected chi connectivity index (χ1v) is 9.88. The van der Waals surface area contributed by atoms with Crippen molar-refractivity contribution in [2.75, 3.05) is 12.9 Å². The van der Waals surface area contributed by atoms with Crippen LogP contribution in [0.5, 0.6) is 5.75 Å². The van der Waals surface area contributed by atoms with Gasteiger partial charge in [-0.05, 0) is 49.7 Å². The van der Waals surface area contributed by atoms with E-state index in [4.69, 9.17) is 10.1 Å². The van der Waals surface area contributed by atoms with Gasteiger partial charge in [0, 0.05) is 5.56 Å². The maximum absolute atomic E-state index is 14.3. The van der Waals surface area contributed by atoms with Crippen molar-refractivity contribution in [2.45, 2.75) is 24.1 Å². The van der Waals surface area contributed by atoms with Crippen LogP contribution in [0, 0.1) is 17.0 Å². The Hall–Kier alpha value is -2.48. The molecule has 2 atom stereocenters. The molecular formula is C19H20F2N2O3S. The van der Waals surface area contributed by atoms with Gasteiger partial charge in [-0.1, -0.05) is 12.1 Å². The van der Waals surface area contributed by atoms with Gasteiger partial charge in [-0.2, -0.15) is 0 Å². The number of sulfone groups is 1. The van der Waals surface area contributed by atoms with E-state index < -0.39 is 37.5 Å². The highest BCUT2D eigenvalue weighted by Crippen LogP contribution is 2.41. The largest absolute Gasteiger partial charge is 0.497 e. The summed E-state index contributed by atoms with van der Waals surface area (Å²) >= 11 is 0. The fourth-order valence-electron chi connectivity index (χ4n) is 3.42. The van der Waals surface area contributed by atoms with Gasteiger partial charge in [0.2, 0.25) is 0 Å². The van der Waals surface area contributed by atoms with Crippen LogP contribution in [0.3, 0.4) is 0 Å². The van der Waals surface area contributed by atoms with Crippen LogP contribution in [0.2, 0.25) is 0 Å². The van der Waals surface area contributed by atoms with Gasteiger partial charge in [-0.15, -0.1) is 0 Å². The molecular weight excluding hydrogens is 374 g/mol. The second-order valence-electron chi connectivity index (χ2n) is 6.98. The Balaban J connectivity index is 2.12. The zero-order chi connectivity index (χ0) is 20.0. The number of halogens is 2. The summed E-state index contributed by atoms with van der Waals surface area (Å²) in [7, 11) is -2.50. The van der Waals surface area contributed by atoms with Crippen LogP contribution in [-0.4, -0.2) is 27.1 Å². The van der Waals surface area contributed by atoms with E-state index in [1.54, 1.807) is 24.3 Å². The molecule has 0 bridgehead atoms. The van der Waals surface area contributed by atoms with Gasteiger partial charge >= 0.3 is 0 Å². The molecule has 0 amide bonds. The van der Waals surface area contributed by atoms with Gasteiger partial charge in [-0.3, -0.25) is 5.41 Å². The molecule has 0 aromatic heterocycles. The van der Waals surface area contributed by atoms with Gasteiger partial charge in [0.25, 0.3) is 0 Å². The fraction of sp³-hybridized carbons (Fsp3) is 0.316. The first kappa shape index (κ1) is 19.3. The zero-order valence-electron chi connectivity index (χ0n) is 15.1. The molecule has 1 heterocycles. The molecule has 2 aromatic rings. The third-order valence-electron chi connectivity index (χ3n) is 5.12. The molecule has 27 heavy (non-hydrogen) atoms. The van der Waals surface area contributed by atoms with E-state index in [1.807, 2.05) is 0 Å². The average Bonchev–Trinajstić information content (AvgIpc) is 2.61. The Bertz CT molecular complexity index is 1030. The van der Waals surface area contributed by atoms with E-state index in [9.17, 15) is 17.2 Å². The number of nitrogens with one attached hydrogen (secondary N) is 2. The molecule has 0 radical (unpaired) electrons. The molecule has 1 fully saturated rings. The van der Waals surface area contributed by atoms with Crippen molar-refractivity contribution in [1.82, 2.24) is 5.32 Å². The maximum atomic E-state index is 14.3. The third-order valence-corrected chi connectivity index (χ3v) is 7.76. The summed E-state index contributed by atoms with van der Waals surface area (Å²) in [6, 6.07) is 9.34. The van der Waals surface area contributed by atoms with Gasteiger partial charge in [0.05, 0.1) is 18.4 Å². The highest BCUT2D eigenvalue weighted by molar-refractivity contribution is 7.93. The standard InChI is InChI=1S/C19H20F2N2O3S/c1-18(15-10-13(20)7-8-16(15)21)11-27(24,25)19(2,17(22)23-18)12-5-4-6-14(9-12)26-3/h4-10H,11H2,1-3H3,(H2,22,23)/t18-,19+/m0/s1. The molecule has 8 heteroatoms. The molecule has 3 rings (SSSR count). The summed E-state index contributed by atoms with van der Waals surface area (Å²) in [6.45, 7) is 2.87. The molecule has 0 unspecified atom stereocenters. The number of amidine groups is 1. The summed E-state index contributed by atoms with van der Waals surface area (Å²) in [5.41, 5.74) is -1.25. The predicted molar refractivity (Wildman–Crippen MR) is 98.7 cm³/mol. The Morgan fingerprint density at radius 2 is 1.85 bits per heavy atom. The molecule has 0 spiro atoms. The highest BCUT2D eigenvalue weighted by atomic mass is 32.2. The van der Waals surface area contributed by atoms with E-state index in [0.717, 1.165) is 18.2 Å². The number of rotatable bonds is 3. The first-order valence-electron chi connectivity index (χ1n) is 8.23. The second-order valence-corrected chi connectivity index (χ2v) is 9.32. The minimum atomic E-state index is -3.97. The maximum Gasteiger partial charge on any atom is 0.169 e. The highest BCUT2D eigenvalue weighted by Gasteiger charge is 2.54. The first-order chi connectivity index (χ1) is 12.5. The monoisotopic (exact) mass is 394 g/mol. The smallest absolute Gasteiger partial charge is 0.169 e. The molecule has 1 saturated heterocycles. The van der Waals surface area contributed by atoms with Crippen LogP contribution in [0.15, 0.2) is 42.5 Å². The van der Waals surface area contributed by atoms with Gasteiger partial charge in [0.15, 0.2) is 14.6 Å². The molecule has 2 N–H and O–H groups in total. The minimum Gasteiger partial charge on any atom is -0.497 e. The molecule has 5 nitrogen and oxygen atoms in total. The van der Waals surface area contributed by atoms with Crippen LogP contribution in [0.25, 0.3) is 0 Å². The number of ether oxygens (including phenoxy) is 1. The lowest BCUT2D eigenvalue weighted by molar-refractivity contribution is 0.410. The van der Waals surface area contributed by atoms with Crippen molar-refractivity contribution in [1.29, 1.82) is 5.41 Å². The summed E-state index contributed by atoms with van der Waals surface area (Å²) in [5.74, 6) is -1.77. The molecule has 0 aliphatic carbocycles. The van der Waals surface area contributed by atoms with E-state index >= 15 is 0 Å². The molecule has 1 aliphatic rings. The van der Waals surface area contributed by atoms with Gasteiger partial charge < -0.3 is 10.1 Å². The fourth-order valence-corrected chi connectivity index (χ4v) is 5.54. The van der Waals surface area contributed by atoms with Crippen molar-refractivity contribution >= 4 is 15.7 Å². The van der Waals surface area contributed by atoms with Gasteiger partial charge in [0.1, 0.15) is 23.2 Å². The number of hydrogen-bond donors (Lipinski definition) is 2. The topological polar surface area (TPSA) is 79.2 Å². The van der Waals surface area contributed by atoms with Crippen LogP contribution < -0.4 is 10.1 Å². The summed E-state index contributed by atoms with van der Waals surface area (Å²) in [5, 5.41) is 11.3. The Morgan fingerprint density at radius 3 is 2.48 bits per heavy atom. The van der Waals surface area contributed by atoms with Crippen LogP contribution in [0.4, 0.5) is 8.78 Å². The van der Waals surface area contributed by atoms with Gasteiger partial charge in [-0.25, -0.2) is 17.2 Å². The van der Waals surface area contributed by atoms with E-state index in [-0.39, 0.29) is 11.4 Å². The van der Waals surface area contributed by atoms with Crippen molar-refractivity contribution in [3.8, 4) is 5.75 Å². The Labute approximate surface area is 156 Å². The van der Waals surface area contributed by atoms with Crippen molar-refractivity contribution in [2.24, 2.45) is 0 Å². The second kappa shape index (κ2) is 6.30. The third kappa shape index (κ3) is 2.97. The number of benzene rings is 2. The normalized spacial score (nSPS) is 27.1. The molecule has 2 aromatic carbocycles. The lowest BCUT2D eigenvalue weighted by atomic mass is 9.90. The van der Waals surface area contributed by atoms with E-state index in [0.29, 0.717) is 11.3 Å². The Kier molecular flexibility index (Phi) is 4.50. The van der Waals surface area contributed by atoms with Crippen molar-refractivity contribution in [3.05, 3.63) is 65.2 Å². The quantitative estimate of drug-likeness (QED) is 0.839. The minimum absolute atomic E-state index is 0.136. The molecule has 1 aliphatic heterocycles. The number of hydrogen-bond acceptors (Lipinski definition) is 4. The zero-order valence-corrected chi connectivity index (χ0v) is 16.0. The molecule has 0 saturated carbocycles. The summed E-state index contributed by atoms with van der Waals surface area (Å²) in [4.78, 5) is 0. The summed E-state index contributed by atoms with van der Waals surface area (Å²) < 4.78 is 58.0. The van der Waals surface area contributed by atoms with Crippen molar-refractivity contribution in [3.63, 3.8) is 0 Å². The predicted octanol–water partition coefficient (Wildman–Crippen LogP) is 3.10. The van der Waals surface area contributed by atoms with Crippen LogP contribution >= 0.6 is 0 Å². The van der Waals surface area contributed by atoms with Crippen LogP contribution in [0.1, 0.15) is 25.0 Å². The van der Waals surface area contributed by atoms with E-state index in [1.165, 1.54) is 21.0 Å².